The molecule has 0 bridgehead atoms. The van der Waals surface area contributed by atoms with Crippen LogP contribution in [0.5, 0.6) is 0 Å². The van der Waals surface area contributed by atoms with Crippen LogP contribution in [-0.2, 0) is 4.74 Å². The summed E-state index contributed by atoms with van der Waals surface area (Å²) in [6, 6.07) is 6.47. The third kappa shape index (κ3) is 8.14. The maximum absolute atomic E-state index is 14.7. The molecule has 0 amide bonds. The number of ether oxygens (including phenoxy) is 1. The lowest BCUT2D eigenvalue weighted by atomic mass is 9.76. The summed E-state index contributed by atoms with van der Waals surface area (Å²) < 4.78 is 88.5. The van der Waals surface area contributed by atoms with Gasteiger partial charge in [0.1, 0.15) is 11.6 Å². The average molecular weight is 605 g/mol. The molecule has 0 N–H and O–H groups in total. The fraction of sp³-hybridized carbons (Fsp3) is 0.556. The molecule has 7 heteroatoms. The lowest BCUT2D eigenvalue weighted by molar-refractivity contribution is -0.0122. The van der Waals surface area contributed by atoms with E-state index in [9.17, 15) is 26.3 Å². The van der Waals surface area contributed by atoms with Gasteiger partial charge >= 0.3 is 0 Å². The van der Waals surface area contributed by atoms with E-state index in [0.717, 1.165) is 109 Å². The summed E-state index contributed by atoms with van der Waals surface area (Å²) >= 11 is 0. The van der Waals surface area contributed by atoms with Gasteiger partial charge in [0.15, 0.2) is 23.3 Å². The zero-order chi connectivity index (χ0) is 30.5. The van der Waals surface area contributed by atoms with Crippen LogP contribution in [-0.4, -0.2) is 12.7 Å². The molecular weight excluding hydrogens is 562 g/mol. The van der Waals surface area contributed by atoms with Gasteiger partial charge in [-0.3, -0.25) is 0 Å². The minimum absolute atomic E-state index is 0.0573. The van der Waals surface area contributed by atoms with Gasteiger partial charge in [-0.05, 0) is 137 Å². The third-order valence-electron chi connectivity index (χ3n) is 10.1. The van der Waals surface area contributed by atoms with Crippen molar-refractivity contribution in [2.45, 2.75) is 102 Å². The number of hydrogen-bond acceptors (Lipinski definition) is 1. The molecule has 0 spiro atoms. The highest BCUT2D eigenvalue weighted by atomic mass is 19.2. The Morgan fingerprint density at radius 3 is 1.95 bits per heavy atom. The normalized spacial score (nSPS) is 29.1. The van der Waals surface area contributed by atoms with E-state index in [1.165, 1.54) is 6.07 Å². The Morgan fingerprint density at radius 1 is 0.721 bits per heavy atom. The molecule has 3 fully saturated rings. The van der Waals surface area contributed by atoms with E-state index in [0.29, 0.717) is 28.9 Å². The molecule has 2 saturated carbocycles. The van der Waals surface area contributed by atoms with Gasteiger partial charge in [-0.25, -0.2) is 26.3 Å². The van der Waals surface area contributed by atoms with E-state index in [4.69, 9.17) is 4.74 Å². The molecule has 234 valence electrons. The van der Waals surface area contributed by atoms with Crippen LogP contribution >= 0.6 is 0 Å². The first-order valence-electron chi connectivity index (χ1n) is 15.9. The number of benzene rings is 2. The largest absolute Gasteiger partial charge is 0.378 e. The van der Waals surface area contributed by atoms with Gasteiger partial charge in [0, 0.05) is 11.5 Å². The highest BCUT2D eigenvalue weighted by Crippen LogP contribution is 2.40. The number of hydrogen-bond donors (Lipinski definition) is 0. The van der Waals surface area contributed by atoms with Gasteiger partial charge in [0.05, 0.1) is 12.7 Å². The van der Waals surface area contributed by atoms with Gasteiger partial charge in [-0.15, -0.1) is 0 Å². The van der Waals surface area contributed by atoms with Gasteiger partial charge in [-0.1, -0.05) is 24.3 Å². The second-order valence-electron chi connectivity index (χ2n) is 13.0. The molecule has 43 heavy (non-hydrogen) atoms. The van der Waals surface area contributed by atoms with Crippen LogP contribution in [0.25, 0.3) is 5.83 Å². The quantitative estimate of drug-likeness (QED) is 0.165. The van der Waals surface area contributed by atoms with Crippen molar-refractivity contribution in [2.24, 2.45) is 17.8 Å². The van der Waals surface area contributed by atoms with Crippen LogP contribution in [0.15, 0.2) is 48.3 Å². The fourth-order valence-electron chi connectivity index (χ4n) is 7.35. The lowest BCUT2D eigenvalue weighted by Crippen LogP contribution is -2.26. The van der Waals surface area contributed by atoms with Gasteiger partial charge < -0.3 is 4.74 Å². The fourth-order valence-corrected chi connectivity index (χ4v) is 7.35. The summed E-state index contributed by atoms with van der Waals surface area (Å²) in [6.45, 7) is 1.75. The SMILES string of the molecule is CC(F)=C(F)c1ccc(C2CCC(C=CC3CCC(CCC4CCC(c5cc(F)c(F)c(F)c5)CC4)OC3)CC2)c(F)c1. The van der Waals surface area contributed by atoms with Crippen molar-refractivity contribution in [3.8, 4) is 0 Å². The van der Waals surface area contributed by atoms with Gasteiger partial charge in [0.2, 0.25) is 0 Å². The Balaban J connectivity index is 0.990. The summed E-state index contributed by atoms with van der Waals surface area (Å²) in [5.41, 5.74) is 1.10. The van der Waals surface area contributed by atoms with Crippen LogP contribution < -0.4 is 0 Å². The summed E-state index contributed by atoms with van der Waals surface area (Å²) in [5.74, 6) is -4.39. The van der Waals surface area contributed by atoms with Crippen molar-refractivity contribution in [1.82, 2.24) is 0 Å². The van der Waals surface area contributed by atoms with E-state index < -0.39 is 34.9 Å². The smallest absolute Gasteiger partial charge is 0.194 e. The molecule has 2 atom stereocenters. The zero-order valence-electron chi connectivity index (χ0n) is 24.9. The van der Waals surface area contributed by atoms with Crippen LogP contribution in [0.4, 0.5) is 26.3 Å². The minimum atomic E-state index is -1.40. The van der Waals surface area contributed by atoms with Crippen molar-refractivity contribution in [2.75, 3.05) is 6.61 Å². The maximum Gasteiger partial charge on any atom is 0.194 e. The Labute approximate surface area is 251 Å². The molecule has 0 radical (unpaired) electrons. The van der Waals surface area contributed by atoms with E-state index >= 15 is 0 Å². The van der Waals surface area contributed by atoms with Crippen molar-refractivity contribution >= 4 is 5.83 Å². The Bertz CT molecular complexity index is 1270. The van der Waals surface area contributed by atoms with Gasteiger partial charge in [-0.2, -0.15) is 0 Å². The van der Waals surface area contributed by atoms with Crippen molar-refractivity contribution in [3.63, 3.8) is 0 Å². The molecular formula is C36H42F6O. The summed E-state index contributed by atoms with van der Waals surface area (Å²) in [5, 5.41) is 0. The molecule has 0 aromatic heterocycles. The first-order valence-corrected chi connectivity index (χ1v) is 15.9. The standard InChI is InChI=1S/C36H42F6O/c1-22(37)35(41)28-14-17-31(32(38)18-28)27-12-6-23(7-13-27)2-3-25-9-16-30(43-21-25)15-8-24-4-10-26(11-5-24)29-19-33(39)36(42)34(40)20-29/h2-3,14,17-20,23-27,30H,4-13,15-16,21H2,1H3. The second-order valence-corrected chi connectivity index (χ2v) is 13.0. The van der Waals surface area contributed by atoms with Crippen LogP contribution in [0.3, 0.4) is 0 Å². The summed E-state index contributed by atoms with van der Waals surface area (Å²) in [7, 11) is 0. The molecule has 2 unspecified atom stereocenters. The molecule has 2 aromatic rings. The maximum atomic E-state index is 14.7. The lowest BCUT2D eigenvalue weighted by Gasteiger charge is -2.32. The van der Waals surface area contributed by atoms with E-state index in [-0.39, 0.29) is 23.5 Å². The summed E-state index contributed by atoms with van der Waals surface area (Å²) in [4.78, 5) is 0. The Morgan fingerprint density at radius 2 is 1.35 bits per heavy atom. The average Bonchev–Trinajstić information content (AvgIpc) is 3.02. The van der Waals surface area contributed by atoms with Gasteiger partial charge in [0.25, 0.3) is 0 Å². The van der Waals surface area contributed by atoms with Crippen molar-refractivity contribution < 1.29 is 31.1 Å². The van der Waals surface area contributed by atoms with Crippen LogP contribution in [0, 0.1) is 41.0 Å². The molecule has 1 saturated heterocycles. The van der Waals surface area contributed by atoms with E-state index in [1.807, 2.05) is 0 Å². The molecule has 1 aliphatic heterocycles. The molecule has 3 aliphatic rings. The Kier molecular flexibility index (Phi) is 10.7. The first-order chi connectivity index (χ1) is 20.7. The molecule has 5 rings (SSSR count). The first kappa shape index (κ1) is 31.9. The highest BCUT2D eigenvalue weighted by Gasteiger charge is 2.27. The highest BCUT2D eigenvalue weighted by molar-refractivity contribution is 5.61. The number of halogens is 6. The van der Waals surface area contributed by atoms with Crippen molar-refractivity contribution in [1.29, 1.82) is 0 Å². The monoisotopic (exact) mass is 604 g/mol. The van der Waals surface area contributed by atoms with Crippen molar-refractivity contribution in [3.05, 3.63) is 88.3 Å². The van der Waals surface area contributed by atoms with E-state index in [1.54, 1.807) is 6.07 Å². The molecule has 2 aromatic carbocycles. The molecule has 1 heterocycles. The third-order valence-corrected chi connectivity index (χ3v) is 10.1. The zero-order valence-corrected chi connectivity index (χ0v) is 24.9. The topological polar surface area (TPSA) is 9.23 Å². The predicted molar refractivity (Wildman–Crippen MR) is 158 cm³/mol. The second kappa shape index (κ2) is 14.5. The van der Waals surface area contributed by atoms with Crippen LogP contribution in [0.1, 0.15) is 112 Å². The predicted octanol–water partition coefficient (Wildman–Crippen LogP) is 11.2. The van der Waals surface area contributed by atoms with Crippen LogP contribution in [0.2, 0.25) is 0 Å². The molecule has 2 aliphatic carbocycles. The number of allylic oxidation sites excluding steroid dienone is 2. The minimum Gasteiger partial charge on any atom is -0.378 e. The molecule has 1 nitrogen and oxygen atoms in total. The number of rotatable bonds is 8. The van der Waals surface area contributed by atoms with E-state index in [2.05, 4.69) is 12.2 Å². The summed E-state index contributed by atoms with van der Waals surface area (Å²) in [6.07, 6.45) is 16.6. The Hall–Kier alpha value is -2.54.